The molecule has 1 aromatic carbocycles. The number of non-ortho nitro benzene ring substituents is 1. The Balaban J connectivity index is 2.85. The molecule has 0 fully saturated rings. The molecule has 9 nitrogen and oxygen atoms in total. The molecule has 1 unspecified atom stereocenters. The number of hydrogen-bond donors (Lipinski definition) is 2. The smallest absolute Gasteiger partial charge is 0.323 e. The monoisotopic (exact) mass is 337 g/mol. The van der Waals surface area contributed by atoms with E-state index in [1.165, 1.54) is 25.1 Å². The number of nitro benzene ring substituents is 1. The van der Waals surface area contributed by atoms with Crippen LogP contribution in [0.15, 0.2) is 24.3 Å². The third-order valence-electron chi connectivity index (χ3n) is 3.25. The lowest BCUT2D eigenvalue weighted by Gasteiger charge is -2.28. The molecule has 0 radical (unpaired) electrons. The van der Waals surface area contributed by atoms with Crippen molar-refractivity contribution in [1.82, 2.24) is 10.2 Å². The number of rotatable bonds is 7. The van der Waals surface area contributed by atoms with Gasteiger partial charge in [-0.2, -0.15) is 0 Å². The molecule has 2 amide bonds. The van der Waals surface area contributed by atoms with Crippen LogP contribution in [0.25, 0.3) is 0 Å². The summed E-state index contributed by atoms with van der Waals surface area (Å²) >= 11 is 0. The molecule has 0 heterocycles. The quantitative estimate of drug-likeness (QED) is 0.564. The van der Waals surface area contributed by atoms with E-state index in [4.69, 9.17) is 5.11 Å². The van der Waals surface area contributed by atoms with Crippen LogP contribution in [0.5, 0.6) is 0 Å². The van der Waals surface area contributed by atoms with E-state index in [-0.39, 0.29) is 17.3 Å². The first-order valence-electron chi connectivity index (χ1n) is 7.21. The second-order valence-corrected chi connectivity index (χ2v) is 5.46. The molecule has 1 rings (SSSR count). The molecule has 130 valence electrons. The largest absolute Gasteiger partial charge is 0.480 e. The number of aliphatic carboxylic acids is 1. The molecule has 0 saturated carbocycles. The van der Waals surface area contributed by atoms with E-state index in [2.05, 4.69) is 5.32 Å². The maximum Gasteiger partial charge on any atom is 0.323 e. The molecule has 0 aliphatic rings. The molecular formula is C15H19N3O6. The summed E-state index contributed by atoms with van der Waals surface area (Å²) in [6.45, 7) is 4.27. The number of nitrogens with one attached hydrogen (secondary N) is 1. The minimum atomic E-state index is -1.16. The SMILES string of the molecule is CC(NC(=O)c1cccc([N+](=O)[O-])c1)C(=O)N(CC(=O)O)C(C)C. The maximum absolute atomic E-state index is 12.3. The van der Waals surface area contributed by atoms with Crippen LogP contribution >= 0.6 is 0 Å². The average molecular weight is 337 g/mol. The van der Waals surface area contributed by atoms with E-state index >= 15 is 0 Å². The fourth-order valence-corrected chi connectivity index (χ4v) is 2.01. The molecule has 24 heavy (non-hydrogen) atoms. The molecule has 9 heteroatoms. The molecular weight excluding hydrogens is 318 g/mol. The molecule has 0 aromatic heterocycles. The molecule has 1 atom stereocenters. The van der Waals surface area contributed by atoms with Crippen LogP contribution in [0.2, 0.25) is 0 Å². The number of benzene rings is 1. The standard InChI is InChI=1S/C15H19N3O6/c1-9(2)17(8-13(19)20)15(22)10(3)16-14(21)11-5-4-6-12(7-11)18(23)24/h4-7,9-10H,8H2,1-3H3,(H,16,21)(H,19,20). The third kappa shape index (κ3) is 5.04. The molecule has 0 aliphatic carbocycles. The van der Waals surface area contributed by atoms with E-state index in [1.807, 2.05) is 0 Å². The summed E-state index contributed by atoms with van der Waals surface area (Å²) in [6.07, 6.45) is 0. The first kappa shape index (κ1) is 19.1. The molecule has 2 N–H and O–H groups in total. The molecule has 0 saturated heterocycles. The van der Waals surface area contributed by atoms with Gasteiger partial charge >= 0.3 is 5.97 Å². The van der Waals surface area contributed by atoms with E-state index < -0.39 is 35.3 Å². The van der Waals surface area contributed by atoms with Gasteiger partial charge in [-0.25, -0.2) is 0 Å². The van der Waals surface area contributed by atoms with Crippen LogP contribution in [0, 0.1) is 10.1 Å². The number of hydrogen-bond acceptors (Lipinski definition) is 5. The van der Waals surface area contributed by atoms with Crippen molar-refractivity contribution in [3.8, 4) is 0 Å². The van der Waals surface area contributed by atoms with Crippen LogP contribution < -0.4 is 5.32 Å². The van der Waals surface area contributed by atoms with Crippen molar-refractivity contribution >= 4 is 23.5 Å². The van der Waals surface area contributed by atoms with Crippen molar-refractivity contribution in [3.05, 3.63) is 39.9 Å². The van der Waals surface area contributed by atoms with Crippen LogP contribution in [-0.4, -0.2) is 51.3 Å². The van der Waals surface area contributed by atoms with Gasteiger partial charge < -0.3 is 15.3 Å². The molecule has 1 aromatic rings. The zero-order valence-corrected chi connectivity index (χ0v) is 13.6. The number of carbonyl (C=O) groups is 3. The summed E-state index contributed by atoms with van der Waals surface area (Å²) in [5, 5.41) is 22.0. The van der Waals surface area contributed by atoms with Crippen LogP contribution in [-0.2, 0) is 9.59 Å². The molecule has 0 bridgehead atoms. The summed E-state index contributed by atoms with van der Waals surface area (Å²) < 4.78 is 0. The Morgan fingerprint density at radius 2 is 1.92 bits per heavy atom. The van der Waals surface area contributed by atoms with Crippen LogP contribution in [0.4, 0.5) is 5.69 Å². The Morgan fingerprint density at radius 3 is 2.42 bits per heavy atom. The van der Waals surface area contributed by atoms with Gasteiger partial charge in [-0.1, -0.05) is 6.07 Å². The zero-order chi connectivity index (χ0) is 18.4. The predicted octanol–water partition coefficient (Wildman–Crippen LogP) is 1.03. The first-order valence-corrected chi connectivity index (χ1v) is 7.21. The topological polar surface area (TPSA) is 130 Å². The Morgan fingerprint density at radius 1 is 1.29 bits per heavy atom. The first-order chi connectivity index (χ1) is 11.1. The van der Waals surface area contributed by atoms with Crippen LogP contribution in [0.3, 0.4) is 0 Å². The van der Waals surface area contributed by atoms with Crippen molar-refractivity contribution < 1.29 is 24.4 Å². The summed E-state index contributed by atoms with van der Waals surface area (Å²) in [7, 11) is 0. The highest BCUT2D eigenvalue weighted by atomic mass is 16.6. The summed E-state index contributed by atoms with van der Waals surface area (Å²) in [6, 6.07) is 3.77. The Labute approximate surface area is 138 Å². The minimum Gasteiger partial charge on any atom is -0.480 e. The third-order valence-corrected chi connectivity index (χ3v) is 3.25. The van der Waals surface area contributed by atoms with Gasteiger partial charge in [0.1, 0.15) is 12.6 Å². The minimum absolute atomic E-state index is 0.0400. The number of amides is 2. The summed E-state index contributed by atoms with van der Waals surface area (Å²) in [4.78, 5) is 46.5. The fraction of sp³-hybridized carbons (Fsp3) is 0.400. The summed E-state index contributed by atoms with van der Waals surface area (Å²) in [5.41, 5.74) is -0.200. The highest BCUT2D eigenvalue weighted by Gasteiger charge is 2.26. The van der Waals surface area contributed by atoms with Gasteiger partial charge in [0.15, 0.2) is 0 Å². The van der Waals surface area contributed by atoms with Gasteiger partial charge in [0.2, 0.25) is 5.91 Å². The van der Waals surface area contributed by atoms with E-state index in [0.717, 1.165) is 11.0 Å². The van der Waals surface area contributed by atoms with Gasteiger partial charge in [-0.3, -0.25) is 24.5 Å². The van der Waals surface area contributed by atoms with E-state index in [1.54, 1.807) is 13.8 Å². The van der Waals surface area contributed by atoms with Gasteiger partial charge in [0.25, 0.3) is 11.6 Å². The number of carboxylic acids is 1. The zero-order valence-electron chi connectivity index (χ0n) is 13.6. The Kier molecular flexibility index (Phi) is 6.39. The lowest BCUT2D eigenvalue weighted by molar-refractivity contribution is -0.384. The van der Waals surface area contributed by atoms with Gasteiger partial charge in [-0.05, 0) is 26.8 Å². The van der Waals surface area contributed by atoms with Crippen molar-refractivity contribution in [3.63, 3.8) is 0 Å². The lowest BCUT2D eigenvalue weighted by Crippen LogP contribution is -2.50. The van der Waals surface area contributed by atoms with Crippen molar-refractivity contribution in [1.29, 1.82) is 0 Å². The van der Waals surface area contributed by atoms with E-state index in [9.17, 15) is 24.5 Å². The van der Waals surface area contributed by atoms with Crippen molar-refractivity contribution in [2.75, 3.05) is 6.54 Å². The highest BCUT2D eigenvalue weighted by molar-refractivity contribution is 5.98. The van der Waals surface area contributed by atoms with Crippen molar-refractivity contribution in [2.24, 2.45) is 0 Å². The number of nitro groups is 1. The lowest BCUT2D eigenvalue weighted by atomic mass is 10.1. The van der Waals surface area contributed by atoms with Crippen molar-refractivity contribution in [2.45, 2.75) is 32.9 Å². The Bertz CT molecular complexity index is 658. The van der Waals surface area contributed by atoms with Gasteiger partial charge in [0, 0.05) is 23.7 Å². The molecule has 0 aliphatic heterocycles. The Hall–Kier alpha value is -2.97. The molecule has 0 spiro atoms. The van der Waals surface area contributed by atoms with E-state index in [0.29, 0.717) is 0 Å². The van der Waals surface area contributed by atoms with Gasteiger partial charge in [-0.15, -0.1) is 0 Å². The average Bonchev–Trinajstić information content (AvgIpc) is 2.51. The number of carboxylic acid groups (broad SMARTS) is 1. The predicted molar refractivity (Wildman–Crippen MR) is 84.5 cm³/mol. The summed E-state index contributed by atoms with van der Waals surface area (Å²) in [5.74, 6) is -2.36. The number of nitrogens with zero attached hydrogens (tertiary/aromatic N) is 2. The van der Waals surface area contributed by atoms with Gasteiger partial charge in [0.05, 0.1) is 4.92 Å². The van der Waals surface area contributed by atoms with Crippen LogP contribution in [0.1, 0.15) is 31.1 Å². The highest BCUT2D eigenvalue weighted by Crippen LogP contribution is 2.13. The second-order valence-electron chi connectivity index (χ2n) is 5.46. The normalized spacial score (nSPS) is 11.7. The number of carbonyl (C=O) groups excluding carboxylic acids is 2. The maximum atomic E-state index is 12.3. The second kappa shape index (κ2) is 8.04. The fourth-order valence-electron chi connectivity index (χ4n) is 2.01.